The number of para-hydroxylation sites is 1. The minimum Gasteiger partial charge on any atom is -0.506 e. The second-order valence-electron chi connectivity index (χ2n) is 3.48. The van der Waals surface area contributed by atoms with Crippen LogP contribution in [0.15, 0.2) is 24.3 Å². The minimum atomic E-state index is -0.578. The van der Waals surface area contributed by atoms with Gasteiger partial charge in [0, 0.05) is 11.0 Å². The van der Waals surface area contributed by atoms with Gasteiger partial charge in [-0.25, -0.2) is 0 Å². The second kappa shape index (κ2) is 2.56. The summed E-state index contributed by atoms with van der Waals surface area (Å²) in [6, 6.07) is 5.37. The van der Waals surface area contributed by atoms with Gasteiger partial charge >= 0.3 is 0 Å². The number of hydrogen-bond donors (Lipinski definition) is 2. The van der Waals surface area contributed by atoms with Crippen molar-refractivity contribution in [2.45, 2.75) is 12.4 Å². The number of nitrogens with one attached hydrogen (secondary N) is 1. The molecule has 1 aliphatic heterocycles. The molecule has 3 heteroatoms. The maximum Gasteiger partial charge on any atom is 0.139 e. The zero-order valence-electron chi connectivity index (χ0n) is 7.41. The summed E-state index contributed by atoms with van der Waals surface area (Å²) in [5, 5.41) is 12.6. The highest BCUT2D eigenvalue weighted by Crippen LogP contribution is 2.33. The molecule has 0 saturated carbocycles. The maximum absolute atomic E-state index is 9.54. The average molecular weight is 171 g/mol. The van der Waals surface area contributed by atoms with Crippen molar-refractivity contribution in [3.05, 3.63) is 29.8 Å². The molecule has 0 aliphatic carbocycles. The number of aromatic hydroxyl groups is 1. The Hall–Kier alpha value is -1.38. The third-order valence-corrected chi connectivity index (χ3v) is 2.08. The molecule has 1 aromatic rings. The molecule has 1 heterocycles. The van der Waals surface area contributed by atoms with E-state index in [1.807, 2.05) is 25.1 Å². The predicted molar refractivity (Wildman–Crippen MR) is 54.9 cm³/mol. The van der Waals surface area contributed by atoms with E-state index in [1.165, 1.54) is 0 Å². The molecule has 13 heavy (non-hydrogen) atoms. The van der Waals surface area contributed by atoms with Gasteiger partial charge in [0.25, 0.3) is 0 Å². The van der Waals surface area contributed by atoms with E-state index < -0.39 is 5.44 Å². The Morgan fingerprint density at radius 2 is 2.23 bits per heavy atom. The van der Waals surface area contributed by atoms with Crippen molar-refractivity contribution in [2.24, 2.45) is 0 Å². The lowest BCUT2D eigenvalue weighted by molar-refractivity contribution is 0.476. The molecule has 64 valence electrons. The fourth-order valence-corrected chi connectivity index (χ4v) is 1.41. The molecule has 2 nitrogen and oxygen atoms in total. The number of rotatable bonds is 0. The summed E-state index contributed by atoms with van der Waals surface area (Å²) in [5.41, 5.74) is 1.09. The zero-order valence-corrected chi connectivity index (χ0v) is 7.41. The molecule has 2 rings (SSSR count). The molecule has 1 aliphatic rings. The average Bonchev–Trinajstić information content (AvgIpc) is 2.06. The lowest BCUT2D eigenvalue weighted by atomic mass is 9.77. The monoisotopic (exact) mass is 171 g/mol. The van der Waals surface area contributed by atoms with E-state index in [2.05, 4.69) is 5.32 Å². The molecule has 1 atom stereocenters. The number of fused-ring (bicyclic) bond motifs is 1. The van der Waals surface area contributed by atoms with E-state index in [9.17, 15) is 5.11 Å². The quantitative estimate of drug-likeness (QED) is 0.460. The van der Waals surface area contributed by atoms with Gasteiger partial charge in [0.2, 0.25) is 0 Å². The molecule has 0 fully saturated rings. The molecule has 0 spiro atoms. The van der Waals surface area contributed by atoms with Crippen molar-refractivity contribution in [1.29, 1.82) is 0 Å². The van der Waals surface area contributed by atoms with Gasteiger partial charge in [-0.1, -0.05) is 24.3 Å². The number of benzene rings is 1. The van der Waals surface area contributed by atoms with Crippen LogP contribution in [0.2, 0.25) is 0 Å². The topological polar surface area (TPSA) is 32.3 Å². The largest absolute Gasteiger partial charge is 0.506 e. The maximum atomic E-state index is 9.54. The Kier molecular flexibility index (Phi) is 1.62. The molecular formula is C10H10BNO. The highest BCUT2D eigenvalue weighted by molar-refractivity contribution is 6.19. The first-order chi connectivity index (χ1) is 6.08. The van der Waals surface area contributed by atoms with Crippen LogP contribution in [0.25, 0.3) is 6.08 Å². The van der Waals surface area contributed by atoms with Crippen LogP contribution in [-0.2, 0) is 0 Å². The molecule has 1 unspecified atom stereocenters. The van der Waals surface area contributed by atoms with Crippen LogP contribution in [0.5, 0.6) is 5.75 Å². The standard InChI is InChI=1S/C10H10BNO/c1-10(11)6-5-7-3-2-4-8(13)9(7)12-10/h2-6,12-13H,1H3. The van der Waals surface area contributed by atoms with Gasteiger partial charge in [-0.15, -0.1) is 0 Å². The first-order valence-corrected chi connectivity index (χ1v) is 4.17. The Morgan fingerprint density at radius 3 is 3.00 bits per heavy atom. The molecule has 0 amide bonds. The molecule has 2 radical (unpaired) electrons. The molecular weight excluding hydrogens is 161 g/mol. The first kappa shape index (κ1) is 8.23. The van der Waals surface area contributed by atoms with Crippen molar-refractivity contribution in [3.8, 4) is 5.75 Å². The van der Waals surface area contributed by atoms with Crippen LogP contribution in [0.3, 0.4) is 0 Å². The number of phenols is 1. The van der Waals surface area contributed by atoms with Crippen molar-refractivity contribution in [1.82, 2.24) is 0 Å². The van der Waals surface area contributed by atoms with Gasteiger partial charge < -0.3 is 10.4 Å². The molecule has 0 bridgehead atoms. The van der Waals surface area contributed by atoms with E-state index in [1.54, 1.807) is 12.1 Å². The summed E-state index contributed by atoms with van der Waals surface area (Å²) in [4.78, 5) is 0. The third kappa shape index (κ3) is 1.42. The first-order valence-electron chi connectivity index (χ1n) is 4.17. The summed E-state index contributed by atoms with van der Waals surface area (Å²) >= 11 is 0. The minimum absolute atomic E-state index is 0.235. The number of phenolic OH excluding ortho intramolecular Hbond substituents is 1. The smallest absolute Gasteiger partial charge is 0.139 e. The van der Waals surface area contributed by atoms with E-state index in [-0.39, 0.29) is 5.75 Å². The molecule has 1 aromatic carbocycles. The van der Waals surface area contributed by atoms with Gasteiger partial charge in [0.15, 0.2) is 0 Å². The lowest BCUT2D eigenvalue weighted by Gasteiger charge is -2.29. The van der Waals surface area contributed by atoms with Gasteiger partial charge in [0.1, 0.15) is 13.6 Å². The summed E-state index contributed by atoms with van der Waals surface area (Å²) < 4.78 is 0. The van der Waals surface area contributed by atoms with E-state index in [4.69, 9.17) is 7.85 Å². The zero-order chi connectivity index (χ0) is 9.47. The Morgan fingerprint density at radius 1 is 1.46 bits per heavy atom. The van der Waals surface area contributed by atoms with E-state index in [0.717, 1.165) is 5.56 Å². The van der Waals surface area contributed by atoms with Crippen molar-refractivity contribution < 1.29 is 5.11 Å². The summed E-state index contributed by atoms with van der Waals surface area (Å²) in [6.07, 6.45) is 3.78. The van der Waals surface area contributed by atoms with E-state index >= 15 is 0 Å². The van der Waals surface area contributed by atoms with Gasteiger partial charge in [-0.3, -0.25) is 0 Å². The van der Waals surface area contributed by atoms with Crippen LogP contribution >= 0.6 is 0 Å². The second-order valence-corrected chi connectivity index (χ2v) is 3.48. The number of hydrogen-bond acceptors (Lipinski definition) is 2. The lowest BCUT2D eigenvalue weighted by Crippen LogP contribution is -2.34. The highest BCUT2D eigenvalue weighted by Gasteiger charge is 2.20. The number of anilines is 1. The van der Waals surface area contributed by atoms with Gasteiger partial charge in [0.05, 0.1) is 5.69 Å². The summed E-state index contributed by atoms with van der Waals surface area (Å²) in [5.74, 6) is 0.235. The Bertz CT molecular complexity index is 371. The van der Waals surface area contributed by atoms with Crippen molar-refractivity contribution in [2.75, 3.05) is 5.32 Å². The molecule has 0 saturated heterocycles. The van der Waals surface area contributed by atoms with Crippen LogP contribution in [0.1, 0.15) is 12.5 Å². The Balaban J connectivity index is 2.54. The Labute approximate surface area is 78.7 Å². The van der Waals surface area contributed by atoms with Gasteiger partial charge in [-0.2, -0.15) is 0 Å². The molecule has 0 aromatic heterocycles. The van der Waals surface area contributed by atoms with Crippen molar-refractivity contribution >= 4 is 19.6 Å². The third-order valence-electron chi connectivity index (χ3n) is 2.08. The highest BCUT2D eigenvalue weighted by atomic mass is 16.3. The van der Waals surface area contributed by atoms with Crippen LogP contribution in [0.4, 0.5) is 5.69 Å². The SMILES string of the molecule is [B]C1(C)C=Cc2cccc(O)c2N1. The normalized spacial score (nSPS) is 25.0. The van der Waals surface area contributed by atoms with Crippen LogP contribution in [0, 0.1) is 0 Å². The predicted octanol–water partition coefficient (Wildman–Crippen LogP) is 1.72. The fraction of sp³-hybridized carbons (Fsp3) is 0.200. The van der Waals surface area contributed by atoms with E-state index in [0.29, 0.717) is 5.69 Å². The molecule has 2 N–H and O–H groups in total. The van der Waals surface area contributed by atoms with Crippen LogP contribution < -0.4 is 5.32 Å². The fourth-order valence-electron chi connectivity index (χ4n) is 1.41. The van der Waals surface area contributed by atoms with Crippen LogP contribution in [-0.4, -0.2) is 18.4 Å². The summed E-state index contributed by atoms with van der Waals surface area (Å²) in [6.45, 7) is 1.85. The van der Waals surface area contributed by atoms with Crippen molar-refractivity contribution in [3.63, 3.8) is 0 Å². The summed E-state index contributed by atoms with van der Waals surface area (Å²) in [7, 11) is 5.85. The van der Waals surface area contributed by atoms with Gasteiger partial charge in [-0.05, 0) is 13.0 Å².